The van der Waals surface area contributed by atoms with E-state index in [1.54, 1.807) is 6.20 Å². The second-order valence-corrected chi connectivity index (χ2v) is 3.16. The van der Waals surface area contributed by atoms with Crippen LogP contribution in [0.3, 0.4) is 0 Å². The average molecular weight is 171 g/mol. The van der Waals surface area contributed by atoms with E-state index in [0.717, 1.165) is 5.56 Å². The molecule has 1 aromatic heterocycles. The molecule has 0 aliphatic rings. The summed E-state index contributed by atoms with van der Waals surface area (Å²) in [6.45, 7) is 4.18. The highest BCUT2D eigenvalue weighted by Gasteiger charge is 2.02. The number of halogens is 1. The zero-order valence-corrected chi connectivity index (χ0v) is 7.39. The van der Waals surface area contributed by atoms with Crippen molar-refractivity contribution in [3.63, 3.8) is 0 Å². The molecule has 2 N–H and O–H groups in total. The molecular formula is C8H11ClN2. The first-order valence-electron chi connectivity index (χ1n) is 3.52. The third-order valence-electron chi connectivity index (χ3n) is 1.55. The zero-order chi connectivity index (χ0) is 8.43. The molecule has 3 heteroatoms. The first-order chi connectivity index (χ1) is 5.11. The van der Waals surface area contributed by atoms with Gasteiger partial charge in [0, 0.05) is 6.20 Å². The predicted octanol–water partition coefficient (Wildman–Crippen LogP) is 2.44. The summed E-state index contributed by atoms with van der Waals surface area (Å²) in [5.74, 6) is 0.446. The van der Waals surface area contributed by atoms with Gasteiger partial charge in [0.05, 0.1) is 5.69 Å². The summed E-state index contributed by atoms with van der Waals surface area (Å²) in [5.41, 5.74) is 7.24. The summed E-state index contributed by atoms with van der Waals surface area (Å²) in [6.07, 6.45) is 1.75. The molecule has 0 spiro atoms. The molecule has 1 rings (SSSR count). The molecule has 2 nitrogen and oxygen atoms in total. The van der Waals surface area contributed by atoms with Gasteiger partial charge in [-0.1, -0.05) is 25.4 Å². The second-order valence-electron chi connectivity index (χ2n) is 2.80. The van der Waals surface area contributed by atoms with E-state index < -0.39 is 0 Å². The lowest BCUT2D eigenvalue weighted by Gasteiger charge is -2.05. The molecule has 0 bridgehead atoms. The van der Waals surface area contributed by atoms with Gasteiger partial charge >= 0.3 is 0 Å². The highest BCUT2D eigenvalue weighted by Crippen LogP contribution is 2.20. The van der Waals surface area contributed by atoms with Crippen LogP contribution in [0.5, 0.6) is 0 Å². The molecule has 0 radical (unpaired) electrons. The molecule has 60 valence electrons. The van der Waals surface area contributed by atoms with Crippen LogP contribution in [-0.2, 0) is 0 Å². The van der Waals surface area contributed by atoms with E-state index in [2.05, 4.69) is 18.8 Å². The van der Waals surface area contributed by atoms with E-state index in [1.807, 2.05) is 6.07 Å². The maximum atomic E-state index is 5.65. The summed E-state index contributed by atoms with van der Waals surface area (Å²) < 4.78 is 0. The average Bonchev–Trinajstić information content (AvgIpc) is 1.94. The van der Waals surface area contributed by atoms with Gasteiger partial charge in [-0.3, -0.25) is 0 Å². The van der Waals surface area contributed by atoms with Gasteiger partial charge < -0.3 is 5.73 Å². The summed E-state index contributed by atoms with van der Waals surface area (Å²) >= 11 is 5.65. The molecule has 11 heavy (non-hydrogen) atoms. The van der Waals surface area contributed by atoms with Gasteiger partial charge in [0.1, 0.15) is 0 Å². The van der Waals surface area contributed by atoms with E-state index in [9.17, 15) is 0 Å². The number of nitrogens with zero attached hydrogens (tertiary/aromatic N) is 1. The van der Waals surface area contributed by atoms with Crippen molar-refractivity contribution in [3.05, 3.63) is 23.0 Å². The zero-order valence-electron chi connectivity index (χ0n) is 6.63. The van der Waals surface area contributed by atoms with Crippen molar-refractivity contribution in [2.75, 3.05) is 5.73 Å². The highest BCUT2D eigenvalue weighted by atomic mass is 35.5. The maximum absolute atomic E-state index is 5.65. The van der Waals surface area contributed by atoms with Gasteiger partial charge in [0.25, 0.3) is 0 Å². The van der Waals surface area contributed by atoms with Crippen LogP contribution in [0.4, 0.5) is 5.69 Å². The lowest BCUT2D eigenvalue weighted by Crippen LogP contribution is -1.94. The Balaban J connectivity index is 3.05. The lowest BCUT2D eigenvalue weighted by molar-refractivity contribution is 0.859. The molecule has 0 atom stereocenters. The quantitative estimate of drug-likeness (QED) is 0.658. The van der Waals surface area contributed by atoms with Crippen LogP contribution in [0.15, 0.2) is 12.3 Å². The van der Waals surface area contributed by atoms with Gasteiger partial charge in [-0.05, 0) is 17.5 Å². The molecule has 0 unspecified atom stereocenters. The number of aromatic nitrogens is 1. The van der Waals surface area contributed by atoms with Crippen molar-refractivity contribution >= 4 is 17.3 Å². The smallest absolute Gasteiger partial charge is 0.151 e. The summed E-state index contributed by atoms with van der Waals surface area (Å²) in [6, 6.07) is 1.86. The fourth-order valence-corrected chi connectivity index (χ4v) is 0.901. The Labute approximate surface area is 71.4 Å². The summed E-state index contributed by atoms with van der Waals surface area (Å²) in [7, 11) is 0. The number of hydrogen-bond donors (Lipinski definition) is 1. The van der Waals surface area contributed by atoms with Crippen LogP contribution in [-0.4, -0.2) is 4.98 Å². The summed E-state index contributed by atoms with van der Waals surface area (Å²) in [5, 5.41) is 0.384. The lowest BCUT2D eigenvalue weighted by atomic mass is 10.1. The number of hydrogen-bond acceptors (Lipinski definition) is 2. The van der Waals surface area contributed by atoms with Crippen molar-refractivity contribution in [3.8, 4) is 0 Å². The van der Waals surface area contributed by atoms with Gasteiger partial charge in [0.2, 0.25) is 0 Å². The van der Waals surface area contributed by atoms with Crippen LogP contribution in [0.25, 0.3) is 0 Å². The minimum absolute atomic E-state index is 0.384. The fourth-order valence-electron chi connectivity index (χ4n) is 0.798. The van der Waals surface area contributed by atoms with Crippen LogP contribution in [0.1, 0.15) is 25.3 Å². The topological polar surface area (TPSA) is 38.9 Å². The van der Waals surface area contributed by atoms with Crippen molar-refractivity contribution in [2.45, 2.75) is 19.8 Å². The molecule has 0 fully saturated rings. The Morgan fingerprint density at radius 1 is 1.55 bits per heavy atom. The van der Waals surface area contributed by atoms with E-state index >= 15 is 0 Å². The minimum Gasteiger partial charge on any atom is -0.396 e. The standard InChI is InChI=1S/C8H11ClN2/c1-5(2)6-3-7(10)8(9)11-4-6/h3-5H,10H2,1-2H3. The molecule has 0 saturated heterocycles. The van der Waals surface area contributed by atoms with Gasteiger partial charge in [0.15, 0.2) is 5.15 Å². The van der Waals surface area contributed by atoms with Crippen molar-refractivity contribution < 1.29 is 0 Å². The molecule has 0 aliphatic carbocycles. The predicted molar refractivity (Wildman–Crippen MR) is 47.7 cm³/mol. The molecule has 1 aromatic rings. The number of rotatable bonds is 1. The first kappa shape index (κ1) is 8.34. The fraction of sp³-hybridized carbons (Fsp3) is 0.375. The van der Waals surface area contributed by atoms with E-state index in [4.69, 9.17) is 17.3 Å². The molecule has 0 saturated carbocycles. The minimum atomic E-state index is 0.384. The van der Waals surface area contributed by atoms with E-state index in [1.165, 1.54) is 0 Å². The Morgan fingerprint density at radius 3 is 2.64 bits per heavy atom. The van der Waals surface area contributed by atoms with Crippen molar-refractivity contribution in [1.82, 2.24) is 4.98 Å². The normalized spacial score (nSPS) is 10.5. The largest absolute Gasteiger partial charge is 0.396 e. The van der Waals surface area contributed by atoms with Gasteiger partial charge in [-0.25, -0.2) is 4.98 Å². The van der Waals surface area contributed by atoms with Gasteiger partial charge in [-0.15, -0.1) is 0 Å². The third kappa shape index (κ3) is 1.84. The Hall–Kier alpha value is -0.760. The van der Waals surface area contributed by atoms with E-state index in [-0.39, 0.29) is 0 Å². The SMILES string of the molecule is CC(C)c1cnc(Cl)c(N)c1. The van der Waals surface area contributed by atoms with Crippen LogP contribution in [0, 0.1) is 0 Å². The summed E-state index contributed by atoms with van der Waals surface area (Å²) in [4.78, 5) is 3.94. The molecule has 0 aromatic carbocycles. The van der Waals surface area contributed by atoms with Crippen LogP contribution in [0.2, 0.25) is 5.15 Å². The molecule has 0 aliphatic heterocycles. The number of pyridine rings is 1. The molecule has 0 amide bonds. The Bertz CT molecular complexity index is 258. The van der Waals surface area contributed by atoms with Crippen molar-refractivity contribution in [1.29, 1.82) is 0 Å². The van der Waals surface area contributed by atoms with Crippen LogP contribution < -0.4 is 5.73 Å². The Morgan fingerprint density at radius 2 is 2.18 bits per heavy atom. The first-order valence-corrected chi connectivity index (χ1v) is 3.90. The van der Waals surface area contributed by atoms with Gasteiger partial charge in [-0.2, -0.15) is 0 Å². The monoisotopic (exact) mass is 170 g/mol. The maximum Gasteiger partial charge on any atom is 0.151 e. The highest BCUT2D eigenvalue weighted by molar-refractivity contribution is 6.31. The number of nitrogens with two attached hydrogens (primary N) is 1. The third-order valence-corrected chi connectivity index (χ3v) is 1.87. The second kappa shape index (κ2) is 3.09. The molecular weight excluding hydrogens is 160 g/mol. The van der Waals surface area contributed by atoms with Crippen LogP contribution >= 0.6 is 11.6 Å². The van der Waals surface area contributed by atoms with Crippen molar-refractivity contribution in [2.24, 2.45) is 0 Å². The van der Waals surface area contributed by atoms with E-state index in [0.29, 0.717) is 16.8 Å². The number of nitrogen functional groups attached to an aromatic ring is 1. The molecule has 1 heterocycles. The number of anilines is 1. The Kier molecular flexibility index (Phi) is 2.35.